The maximum absolute atomic E-state index is 13.5. The molecule has 2 atom stereocenters. The summed E-state index contributed by atoms with van der Waals surface area (Å²) < 4.78 is 18.6. The third-order valence-electron chi connectivity index (χ3n) is 5.32. The molecule has 0 saturated heterocycles. The Bertz CT molecular complexity index is 1170. The molecule has 0 radical (unpaired) electrons. The molecule has 4 rings (SSSR count). The first-order valence-corrected chi connectivity index (χ1v) is 9.76. The fourth-order valence-electron chi connectivity index (χ4n) is 3.75. The van der Waals surface area contributed by atoms with Crippen LogP contribution in [0.25, 0.3) is 11.1 Å². The minimum Gasteiger partial charge on any atom is -0.460 e. The average molecular weight is 419 g/mol. The summed E-state index contributed by atoms with van der Waals surface area (Å²) in [6, 6.07) is 14.5. The Morgan fingerprint density at radius 3 is 2.48 bits per heavy atom. The van der Waals surface area contributed by atoms with Crippen LogP contribution >= 0.6 is 0 Å². The van der Waals surface area contributed by atoms with Crippen LogP contribution in [0.15, 0.2) is 65.9 Å². The van der Waals surface area contributed by atoms with Crippen LogP contribution in [0.5, 0.6) is 5.75 Å². The van der Waals surface area contributed by atoms with E-state index in [0.717, 1.165) is 11.1 Å². The van der Waals surface area contributed by atoms with Crippen LogP contribution in [0.2, 0.25) is 0 Å². The number of hydrogen-bond acceptors (Lipinski definition) is 6. The van der Waals surface area contributed by atoms with Crippen LogP contribution in [0, 0.1) is 6.92 Å². The Kier molecular flexibility index (Phi) is 5.14. The van der Waals surface area contributed by atoms with Crippen molar-refractivity contribution in [1.29, 1.82) is 0 Å². The van der Waals surface area contributed by atoms with Gasteiger partial charge in [0.15, 0.2) is 11.5 Å². The molecule has 1 amide bonds. The molecular weight excluding hydrogens is 397 g/mol. The number of aryl methyl sites for hydroxylation is 1. The molecule has 2 heterocycles. The van der Waals surface area contributed by atoms with Crippen molar-refractivity contribution in [2.45, 2.75) is 25.7 Å². The number of guanidine groups is 1. The van der Waals surface area contributed by atoms with Crippen molar-refractivity contribution < 1.29 is 13.9 Å². The molecule has 7 nitrogen and oxygen atoms in total. The van der Waals surface area contributed by atoms with E-state index >= 15 is 0 Å². The average Bonchev–Trinajstić information content (AvgIpc) is 3.00. The minimum absolute atomic E-state index is 0.122. The van der Waals surface area contributed by atoms with Crippen molar-refractivity contribution >= 4 is 11.9 Å². The Labute approximate surface area is 179 Å². The first-order valence-electron chi connectivity index (χ1n) is 9.76. The molecule has 0 spiro atoms. The number of carbonyl (C=O) groups is 1. The van der Waals surface area contributed by atoms with Crippen molar-refractivity contribution in [2.24, 2.45) is 10.7 Å². The number of nitrogens with zero attached hydrogens (tertiary/aromatic N) is 4. The molecular formula is C23H22FN5O2. The third kappa shape index (κ3) is 3.50. The molecule has 1 aliphatic heterocycles. The van der Waals surface area contributed by atoms with Crippen LogP contribution in [-0.2, 0) is 10.3 Å². The second-order valence-electron chi connectivity index (χ2n) is 7.40. The Morgan fingerprint density at radius 1 is 1.10 bits per heavy atom. The van der Waals surface area contributed by atoms with Gasteiger partial charge in [0.1, 0.15) is 5.75 Å². The van der Waals surface area contributed by atoms with E-state index in [0.29, 0.717) is 22.4 Å². The number of rotatable bonds is 5. The molecule has 2 N–H and O–H groups in total. The number of hydrogen-bond donors (Lipinski definition) is 1. The highest BCUT2D eigenvalue weighted by Gasteiger charge is 2.49. The van der Waals surface area contributed by atoms with E-state index < -0.39 is 11.9 Å². The highest BCUT2D eigenvalue weighted by molar-refractivity contribution is 6.09. The van der Waals surface area contributed by atoms with E-state index in [1.807, 2.05) is 30.3 Å². The van der Waals surface area contributed by atoms with Crippen molar-refractivity contribution in [1.82, 2.24) is 15.1 Å². The molecule has 1 aliphatic rings. The van der Waals surface area contributed by atoms with Gasteiger partial charge in [0.05, 0.1) is 12.4 Å². The van der Waals surface area contributed by atoms with Gasteiger partial charge in [-0.25, -0.2) is 9.38 Å². The van der Waals surface area contributed by atoms with Gasteiger partial charge in [-0.2, -0.15) is 10.2 Å². The number of alkyl halides is 1. The van der Waals surface area contributed by atoms with E-state index in [-0.39, 0.29) is 11.9 Å². The first kappa shape index (κ1) is 20.5. The van der Waals surface area contributed by atoms with Gasteiger partial charge in [0.25, 0.3) is 5.91 Å². The summed E-state index contributed by atoms with van der Waals surface area (Å²) in [5.41, 5.74) is 8.39. The van der Waals surface area contributed by atoms with E-state index in [9.17, 15) is 9.18 Å². The van der Waals surface area contributed by atoms with Crippen LogP contribution in [0.1, 0.15) is 23.6 Å². The summed E-state index contributed by atoms with van der Waals surface area (Å²) in [7, 11) is 1.59. The fourth-order valence-corrected chi connectivity index (χ4v) is 3.75. The van der Waals surface area contributed by atoms with E-state index in [4.69, 9.17) is 10.5 Å². The van der Waals surface area contributed by atoms with Gasteiger partial charge in [0, 0.05) is 19.5 Å². The van der Waals surface area contributed by atoms with Gasteiger partial charge in [-0.3, -0.25) is 9.69 Å². The van der Waals surface area contributed by atoms with Gasteiger partial charge in [-0.1, -0.05) is 24.3 Å². The standard InChI is InChI=1S/C23H22FN5O2/c1-14-11-19(7-8-20(14)31-15(2)24)23(21(30)29(3)22(25)28-23)18-6-4-5-16(12-18)17-9-10-26-27-13-17/h4-13,15H,1-3H3,(H2,25,28). The van der Waals surface area contributed by atoms with Crippen LogP contribution in [0.4, 0.5) is 4.39 Å². The molecule has 2 unspecified atom stereocenters. The Morgan fingerprint density at radius 2 is 1.87 bits per heavy atom. The van der Waals surface area contributed by atoms with Crippen LogP contribution in [0.3, 0.4) is 0 Å². The third-order valence-corrected chi connectivity index (χ3v) is 5.32. The molecule has 0 saturated carbocycles. The van der Waals surface area contributed by atoms with Gasteiger partial charge >= 0.3 is 0 Å². The number of benzene rings is 2. The van der Waals surface area contributed by atoms with Gasteiger partial charge in [-0.05, 0) is 53.4 Å². The number of carbonyl (C=O) groups excluding carboxylic acids is 1. The van der Waals surface area contributed by atoms with Crippen molar-refractivity contribution in [2.75, 3.05) is 7.05 Å². The first-order chi connectivity index (χ1) is 14.8. The van der Waals surface area contributed by atoms with Crippen molar-refractivity contribution in [3.63, 3.8) is 0 Å². The van der Waals surface area contributed by atoms with Crippen molar-refractivity contribution in [3.8, 4) is 16.9 Å². The molecule has 0 fully saturated rings. The minimum atomic E-state index is -1.45. The summed E-state index contributed by atoms with van der Waals surface area (Å²) in [5.74, 6) is 0.250. The Hall–Kier alpha value is -3.81. The smallest absolute Gasteiger partial charge is 0.266 e. The monoisotopic (exact) mass is 419 g/mol. The number of likely N-dealkylation sites (N-methyl/N-ethyl adjacent to an activating group) is 1. The summed E-state index contributed by atoms with van der Waals surface area (Å²) in [6.07, 6.45) is 1.81. The van der Waals surface area contributed by atoms with E-state index in [1.165, 1.54) is 11.8 Å². The summed E-state index contributed by atoms with van der Waals surface area (Å²) in [6.45, 7) is 3.11. The zero-order valence-electron chi connectivity index (χ0n) is 17.4. The molecule has 1 aromatic heterocycles. The number of nitrogens with two attached hydrogens (primary N) is 1. The molecule has 0 aliphatic carbocycles. The van der Waals surface area contributed by atoms with Crippen LogP contribution in [-0.4, -0.2) is 40.4 Å². The number of amides is 1. The SMILES string of the molecule is Cc1cc(C2(c3cccc(-c4ccnnc4)c3)N=C(N)N(C)C2=O)ccc1OC(C)F. The van der Waals surface area contributed by atoms with Gasteiger partial charge in [0.2, 0.25) is 6.36 Å². The Balaban J connectivity index is 1.90. The fraction of sp³-hybridized carbons (Fsp3) is 0.217. The largest absolute Gasteiger partial charge is 0.460 e. The quantitative estimate of drug-likeness (QED) is 0.686. The van der Waals surface area contributed by atoms with Crippen molar-refractivity contribution in [3.05, 3.63) is 77.6 Å². The molecule has 31 heavy (non-hydrogen) atoms. The highest BCUT2D eigenvalue weighted by atomic mass is 19.1. The summed E-state index contributed by atoms with van der Waals surface area (Å²) >= 11 is 0. The lowest BCUT2D eigenvalue weighted by molar-refractivity contribution is -0.129. The molecule has 2 aromatic carbocycles. The predicted octanol–water partition coefficient (Wildman–Crippen LogP) is 3.18. The number of aromatic nitrogens is 2. The van der Waals surface area contributed by atoms with Gasteiger partial charge in [-0.15, -0.1) is 0 Å². The zero-order valence-corrected chi connectivity index (χ0v) is 17.4. The molecule has 158 valence electrons. The second kappa shape index (κ2) is 7.79. The van der Waals surface area contributed by atoms with E-state index in [1.54, 1.807) is 44.6 Å². The van der Waals surface area contributed by atoms with Crippen LogP contribution < -0.4 is 10.5 Å². The molecule has 3 aromatic rings. The maximum atomic E-state index is 13.5. The normalized spacial score (nSPS) is 19.3. The number of aliphatic imine (C=N–C) groups is 1. The number of halogens is 1. The molecule has 0 bridgehead atoms. The highest BCUT2D eigenvalue weighted by Crippen LogP contribution is 2.41. The van der Waals surface area contributed by atoms with Gasteiger partial charge < -0.3 is 10.5 Å². The summed E-state index contributed by atoms with van der Waals surface area (Å²) in [5, 5.41) is 7.74. The predicted molar refractivity (Wildman–Crippen MR) is 115 cm³/mol. The number of ether oxygens (including phenoxy) is 1. The topological polar surface area (TPSA) is 93.7 Å². The lowest BCUT2D eigenvalue weighted by Crippen LogP contribution is -2.41. The maximum Gasteiger partial charge on any atom is 0.266 e. The summed E-state index contributed by atoms with van der Waals surface area (Å²) in [4.78, 5) is 19.4. The van der Waals surface area contributed by atoms with E-state index in [2.05, 4.69) is 15.2 Å². The molecule has 8 heteroatoms. The lowest BCUT2D eigenvalue weighted by atomic mass is 9.81. The second-order valence-corrected chi connectivity index (χ2v) is 7.40. The lowest BCUT2D eigenvalue weighted by Gasteiger charge is -2.27. The zero-order chi connectivity index (χ0) is 22.2.